The van der Waals surface area contributed by atoms with E-state index in [2.05, 4.69) is 5.32 Å². The summed E-state index contributed by atoms with van der Waals surface area (Å²) in [5, 5.41) is 2.69. The second kappa shape index (κ2) is 7.32. The Morgan fingerprint density at radius 3 is 2.50 bits per heavy atom. The van der Waals surface area contributed by atoms with Gasteiger partial charge in [-0.25, -0.2) is 21.6 Å². The average molecular weight is 382 g/mol. The molecule has 0 unspecified atom stereocenters. The molecule has 1 heterocycles. The molecule has 1 N–H and O–H groups in total. The first kappa shape index (κ1) is 19.1. The molecular weight excluding hydrogens is 365 g/mol. The van der Waals surface area contributed by atoms with Crippen molar-refractivity contribution in [1.29, 1.82) is 0 Å². The summed E-state index contributed by atoms with van der Waals surface area (Å²) in [7, 11) is -4.33. The van der Waals surface area contributed by atoms with Crippen LogP contribution in [0.2, 0.25) is 0 Å². The summed E-state index contributed by atoms with van der Waals surface area (Å²) in [6.07, 6.45) is 0.673. The molecule has 0 bridgehead atoms. The third-order valence-electron chi connectivity index (χ3n) is 3.71. The van der Waals surface area contributed by atoms with Gasteiger partial charge in [-0.2, -0.15) is 4.31 Å². The molecule has 1 fully saturated rings. The third kappa shape index (κ3) is 3.70. The Morgan fingerprint density at radius 2 is 1.96 bits per heavy atom. The fourth-order valence-electron chi connectivity index (χ4n) is 2.13. The first-order chi connectivity index (χ1) is 11.2. The van der Waals surface area contributed by atoms with E-state index in [1.165, 1.54) is 11.8 Å². The van der Waals surface area contributed by atoms with Gasteiger partial charge in [0.25, 0.3) is 0 Å². The molecule has 0 aliphatic carbocycles. The Morgan fingerprint density at radius 1 is 1.38 bits per heavy atom. The molecule has 24 heavy (non-hydrogen) atoms. The molecule has 0 aromatic heterocycles. The van der Waals surface area contributed by atoms with E-state index in [4.69, 9.17) is 0 Å². The SMILES string of the molecule is CC[C@H](C)NC(=O)[C@@H]1CSCN1S(=O)(=O)c1cc(F)c(F)c(F)c1. The number of rotatable bonds is 5. The van der Waals surface area contributed by atoms with E-state index in [9.17, 15) is 26.4 Å². The van der Waals surface area contributed by atoms with Gasteiger partial charge in [0, 0.05) is 11.8 Å². The first-order valence-corrected chi connectivity index (χ1v) is 9.82. The highest BCUT2D eigenvalue weighted by Crippen LogP contribution is 2.29. The molecule has 5 nitrogen and oxygen atoms in total. The second-order valence-electron chi connectivity index (χ2n) is 5.43. The minimum atomic E-state index is -4.33. The molecule has 134 valence electrons. The van der Waals surface area contributed by atoms with Gasteiger partial charge in [-0.3, -0.25) is 4.79 Å². The predicted molar refractivity (Wildman–Crippen MR) is 84.3 cm³/mol. The summed E-state index contributed by atoms with van der Waals surface area (Å²) in [5.74, 6) is -5.20. The maximum absolute atomic E-state index is 13.3. The second-order valence-corrected chi connectivity index (χ2v) is 8.32. The van der Waals surface area contributed by atoms with Crippen LogP contribution in [0, 0.1) is 17.5 Å². The lowest BCUT2D eigenvalue weighted by molar-refractivity contribution is -0.124. The normalized spacial score (nSPS) is 20.1. The van der Waals surface area contributed by atoms with E-state index in [0.29, 0.717) is 18.6 Å². The highest BCUT2D eigenvalue weighted by Gasteiger charge is 2.40. The van der Waals surface area contributed by atoms with Crippen molar-refractivity contribution in [3.05, 3.63) is 29.6 Å². The number of nitrogens with zero attached hydrogens (tertiary/aromatic N) is 1. The predicted octanol–water partition coefficient (Wildman–Crippen LogP) is 2.08. The summed E-state index contributed by atoms with van der Waals surface area (Å²) >= 11 is 1.21. The molecule has 1 aromatic rings. The number of sulfonamides is 1. The number of nitrogens with one attached hydrogen (secondary N) is 1. The number of hydrogen-bond acceptors (Lipinski definition) is 4. The van der Waals surface area contributed by atoms with Gasteiger partial charge in [0.15, 0.2) is 17.5 Å². The lowest BCUT2D eigenvalue weighted by atomic mass is 10.2. The van der Waals surface area contributed by atoms with Crippen LogP contribution in [0.15, 0.2) is 17.0 Å². The molecular formula is C14H17F3N2O3S2. The minimum Gasteiger partial charge on any atom is -0.352 e. The van der Waals surface area contributed by atoms with Gasteiger partial charge >= 0.3 is 0 Å². The van der Waals surface area contributed by atoms with Crippen LogP contribution in [0.25, 0.3) is 0 Å². The number of hydrogen-bond donors (Lipinski definition) is 1. The maximum Gasteiger partial charge on any atom is 0.244 e. The number of thioether (sulfide) groups is 1. The summed E-state index contributed by atoms with van der Waals surface area (Å²) in [6.45, 7) is 3.65. The van der Waals surface area contributed by atoms with Crippen molar-refractivity contribution in [3.63, 3.8) is 0 Å². The summed E-state index contributed by atoms with van der Waals surface area (Å²) in [4.78, 5) is 11.5. The van der Waals surface area contributed by atoms with Gasteiger partial charge in [-0.1, -0.05) is 6.92 Å². The van der Waals surface area contributed by atoms with Gasteiger partial charge < -0.3 is 5.32 Å². The van der Waals surface area contributed by atoms with Crippen LogP contribution < -0.4 is 5.32 Å². The highest BCUT2D eigenvalue weighted by molar-refractivity contribution is 8.00. The first-order valence-electron chi connectivity index (χ1n) is 7.23. The van der Waals surface area contributed by atoms with Crippen molar-refractivity contribution in [2.45, 2.75) is 37.2 Å². The molecule has 2 rings (SSSR count). The molecule has 1 aromatic carbocycles. The highest BCUT2D eigenvalue weighted by atomic mass is 32.2. The Balaban J connectivity index is 2.32. The van der Waals surface area contributed by atoms with Crippen LogP contribution in [0.4, 0.5) is 13.2 Å². The van der Waals surface area contributed by atoms with Crippen molar-refractivity contribution < 1.29 is 26.4 Å². The molecule has 10 heteroatoms. The van der Waals surface area contributed by atoms with E-state index in [0.717, 1.165) is 4.31 Å². The Kier molecular flexibility index (Phi) is 5.82. The molecule has 1 saturated heterocycles. The molecule has 0 radical (unpaired) electrons. The van der Waals surface area contributed by atoms with Gasteiger partial charge in [0.1, 0.15) is 6.04 Å². The van der Waals surface area contributed by atoms with Crippen LogP contribution in [-0.4, -0.2) is 42.3 Å². The molecule has 0 saturated carbocycles. The number of carbonyl (C=O) groups excluding carboxylic acids is 1. The van der Waals surface area contributed by atoms with Crippen LogP contribution in [0.5, 0.6) is 0 Å². The number of carbonyl (C=O) groups is 1. The zero-order valence-corrected chi connectivity index (χ0v) is 14.7. The smallest absolute Gasteiger partial charge is 0.244 e. The van der Waals surface area contributed by atoms with E-state index in [1.54, 1.807) is 6.92 Å². The lowest BCUT2D eigenvalue weighted by Gasteiger charge is -2.24. The quantitative estimate of drug-likeness (QED) is 0.792. The Labute approximate surface area is 142 Å². The minimum absolute atomic E-state index is 0.0262. The molecule has 1 amide bonds. The summed E-state index contributed by atoms with van der Waals surface area (Å²) in [5.41, 5.74) is 0. The van der Waals surface area contributed by atoms with E-state index in [-0.39, 0.29) is 17.7 Å². The van der Waals surface area contributed by atoms with Crippen LogP contribution in [-0.2, 0) is 14.8 Å². The van der Waals surface area contributed by atoms with Crippen molar-refractivity contribution in [2.24, 2.45) is 0 Å². The summed E-state index contributed by atoms with van der Waals surface area (Å²) < 4.78 is 65.8. The van der Waals surface area contributed by atoms with E-state index >= 15 is 0 Å². The third-order valence-corrected chi connectivity index (χ3v) is 6.72. The molecule has 1 aliphatic heterocycles. The largest absolute Gasteiger partial charge is 0.352 e. The van der Waals surface area contributed by atoms with Gasteiger partial charge in [0.05, 0.1) is 10.8 Å². The van der Waals surface area contributed by atoms with E-state index in [1.807, 2.05) is 6.92 Å². The fraction of sp³-hybridized carbons (Fsp3) is 0.500. The van der Waals surface area contributed by atoms with Crippen LogP contribution in [0.1, 0.15) is 20.3 Å². The monoisotopic (exact) mass is 382 g/mol. The van der Waals surface area contributed by atoms with Gasteiger partial charge in [-0.15, -0.1) is 11.8 Å². The van der Waals surface area contributed by atoms with Gasteiger partial charge in [0.2, 0.25) is 15.9 Å². The standard InChI is InChI=1S/C14H17F3N2O3S2/c1-3-8(2)18-14(20)12-6-23-7-19(12)24(21,22)9-4-10(15)13(17)11(16)5-9/h4-5,8,12H,3,6-7H2,1-2H3,(H,18,20)/t8-,12-/m0/s1. The maximum atomic E-state index is 13.3. The van der Waals surface area contributed by atoms with Crippen molar-refractivity contribution in [3.8, 4) is 0 Å². The van der Waals surface area contributed by atoms with Crippen molar-refractivity contribution in [2.75, 3.05) is 11.6 Å². The summed E-state index contributed by atoms with van der Waals surface area (Å²) in [6, 6.07) is -0.278. The van der Waals surface area contributed by atoms with Crippen LogP contribution >= 0.6 is 11.8 Å². The molecule has 2 atom stereocenters. The fourth-order valence-corrected chi connectivity index (χ4v) is 5.30. The van der Waals surface area contributed by atoms with Crippen molar-refractivity contribution in [1.82, 2.24) is 9.62 Å². The number of amides is 1. The zero-order valence-electron chi connectivity index (χ0n) is 13.1. The number of benzene rings is 1. The zero-order chi connectivity index (χ0) is 18.1. The number of halogens is 3. The average Bonchev–Trinajstić information content (AvgIpc) is 3.02. The topological polar surface area (TPSA) is 66.5 Å². The molecule has 0 spiro atoms. The Hall–Kier alpha value is -1.26. The Bertz CT molecular complexity index is 720. The van der Waals surface area contributed by atoms with Gasteiger partial charge in [-0.05, 0) is 25.5 Å². The van der Waals surface area contributed by atoms with Crippen LogP contribution in [0.3, 0.4) is 0 Å². The van der Waals surface area contributed by atoms with Crippen molar-refractivity contribution >= 4 is 27.7 Å². The van der Waals surface area contributed by atoms with E-state index < -0.39 is 44.3 Å². The lowest BCUT2D eigenvalue weighted by Crippen LogP contribution is -2.49. The molecule has 1 aliphatic rings.